The quantitative estimate of drug-likeness (QED) is 0.595. The topological polar surface area (TPSA) is 92.8 Å². The maximum atomic E-state index is 12.5. The van der Waals surface area contributed by atoms with Crippen LogP contribution in [0.4, 0.5) is 0 Å². The highest BCUT2D eigenvalue weighted by atomic mass is 16.5. The largest absolute Gasteiger partial charge is 0.451 e. The van der Waals surface area contributed by atoms with E-state index in [1.807, 2.05) is 31.2 Å². The lowest BCUT2D eigenvalue weighted by Gasteiger charge is -2.26. The number of aryl methyl sites for hydroxylation is 1. The van der Waals surface area contributed by atoms with Crippen LogP contribution < -0.4 is 5.32 Å². The van der Waals surface area contributed by atoms with Gasteiger partial charge in [0.25, 0.3) is 11.8 Å². The van der Waals surface area contributed by atoms with Crippen LogP contribution in [0.3, 0.4) is 0 Å². The summed E-state index contributed by atoms with van der Waals surface area (Å²) in [7, 11) is 0. The summed E-state index contributed by atoms with van der Waals surface area (Å²) in [6, 6.07) is 14.5. The summed E-state index contributed by atoms with van der Waals surface area (Å²) in [4.78, 5) is 49.9. The molecule has 0 fully saturated rings. The highest BCUT2D eigenvalue weighted by Crippen LogP contribution is 2.19. The van der Waals surface area contributed by atoms with Crippen molar-refractivity contribution in [2.24, 2.45) is 0 Å². The second-order valence-electron chi connectivity index (χ2n) is 6.95. The molecule has 0 aliphatic carbocycles. The Labute approximate surface area is 168 Å². The van der Waals surface area contributed by atoms with Crippen molar-refractivity contribution in [3.63, 3.8) is 0 Å². The van der Waals surface area contributed by atoms with Crippen molar-refractivity contribution in [3.05, 3.63) is 70.8 Å². The van der Waals surface area contributed by atoms with Gasteiger partial charge in [0.2, 0.25) is 5.91 Å². The minimum absolute atomic E-state index is 0.0434. The molecule has 0 aromatic heterocycles. The summed E-state index contributed by atoms with van der Waals surface area (Å²) >= 11 is 0. The molecule has 0 radical (unpaired) electrons. The third-order valence-electron chi connectivity index (χ3n) is 4.69. The Balaban J connectivity index is 1.53. The fourth-order valence-electron chi connectivity index (χ4n) is 3.02. The Morgan fingerprint density at radius 3 is 2.52 bits per heavy atom. The Morgan fingerprint density at radius 1 is 1.10 bits per heavy atom. The van der Waals surface area contributed by atoms with E-state index in [4.69, 9.17) is 4.74 Å². The second kappa shape index (κ2) is 8.68. The number of fused-ring (bicyclic) bond motifs is 1. The van der Waals surface area contributed by atoms with Crippen molar-refractivity contribution in [3.8, 4) is 0 Å². The number of imide groups is 1. The van der Waals surface area contributed by atoms with Gasteiger partial charge in [-0.3, -0.25) is 24.1 Å². The van der Waals surface area contributed by atoms with E-state index >= 15 is 0 Å². The first-order valence-electron chi connectivity index (χ1n) is 9.30. The number of carbonyl (C=O) groups is 4. The molecule has 1 atom stereocenters. The van der Waals surface area contributed by atoms with Crippen molar-refractivity contribution in [2.75, 3.05) is 6.54 Å². The van der Waals surface area contributed by atoms with E-state index < -0.39 is 36.3 Å². The van der Waals surface area contributed by atoms with Crippen LogP contribution in [-0.2, 0) is 32.1 Å². The second-order valence-corrected chi connectivity index (χ2v) is 6.95. The van der Waals surface area contributed by atoms with Gasteiger partial charge in [0, 0.05) is 12.1 Å². The molecule has 1 aliphatic rings. The van der Waals surface area contributed by atoms with E-state index in [1.165, 1.54) is 6.92 Å². The summed E-state index contributed by atoms with van der Waals surface area (Å²) in [6.45, 7) is 3.19. The van der Waals surface area contributed by atoms with Crippen LogP contribution in [0.25, 0.3) is 0 Å². The van der Waals surface area contributed by atoms with Crippen molar-refractivity contribution < 1.29 is 23.9 Å². The number of esters is 1. The van der Waals surface area contributed by atoms with Gasteiger partial charge < -0.3 is 10.1 Å². The maximum absolute atomic E-state index is 12.5. The zero-order chi connectivity index (χ0) is 21.0. The third kappa shape index (κ3) is 4.87. The van der Waals surface area contributed by atoms with E-state index in [0.29, 0.717) is 17.7 Å². The first-order valence-corrected chi connectivity index (χ1v) is 9.30. The lowest BCUT2D eigenvalue weighted by Crippen LogP contribution is -2.46. The molecule has 0 saturated heterocycles. The SMILES string of the molecule is Cc1ccc(CNC(=O)[C@@H](C)OC(=O)CN2C(=O)Cc3ccccc3C2=O)cc1. The van der Waals surface area contributed by atoms with Gasteiger partial charge in [0.05, 0.1) is 6.42 Å². The summed E-state index contributed by atoms with van der Waals surface area (Å²) in [5.74, 6) is -2.28. The standard InChI is InChI=1S/C22H22N2O5/c1-14-7-9-16(10-8-14)12-23-21(27)15(2)29-20(26)13-24-19(25)11-17-5-3-4-6-18(17)22(24)28/h3-10,15H,11-13H2,1-2H3,(H,23,27)/t15-/m1/s1. The number of benzene rings is 2. The minimum atomic E-state index is -1.05. The molecule has 2 aromatic rings. The zero-order valence-electron chi connectivity index (χ0n) is 16.3. The van der Waals surface area contributed by atoms with Crippen LogP contribution in [0, 0.1) is 6.92 Å². The number of hydrogen-bond donors (Lipinski definition) is 1. The molecular weight excluding hydrogens is 372 g/mol. The number of ether oxygens (including phenoxy) is 1. The van der Waals surface area contributed by atoms with Crippen molar-refractivity contribution in [1.82, 2.24) is 10.2 Å². The molecular formula is C22H22N2O5. The predicted molar refractivity (Wildman–Crippen MR) is 105 cm³/mol. The highest BCUT2D eigenvalue weighted by Gasteiger charge is 2.33. The van der Waals surface area contributed by atoms with Gasteiger partial charge in [-0.15, -0.1) is 0 Å². The van der Waals surface area contributed by atoms with Crippen molar-refractivity contribution >= 4 is 23.7 Å². The smallest absolute Gasteiger partial charge is 0.326 e. The first kappa shape index (κ1) is 20.3. The fourth-order valence-corrected chi connectivity index (χ4v) is 3.02. The summed E-state index contributed by atoms with van der Waals surface area (Å²) < 4.78 is 5.11. The summed E-state index contributed by atoms with van der Waals surface area (Å²) in [5.41, 5.74) is 3.07. The molecule has 7 heteroatoms. The number of amides is 3. The van der Waals surface area contributed by atoms with E-state index in [0.717, 1.165) is 16.0 Å². The molecule has 29 heavy (non-hydrogen) atoms. The van der Waals surface area contributed by atoms with Crippen LogP contribution in [0.1, 0.15) is 34.0 Å². The van der Waals surface area contributed by atoms with E-state index in [2.05, 4.69) is 5.32 Å². The Hall–Kier alpha value is -3.48. The Bertz CT molecular complexity index is 952. The van der Waals surface area contributed by atoms with Gasteiger partial charge >= 0.3 is 5.97 Å². The number of carbonyl (C=O) groups excluding carboxylic acids is 4. The van der Waals surface area contributed by atoms with Gasteiger partial charge in [0.1, 0.15) is 6.54 Å². The molecule has 1 aliphatic heterocycles. The highest BCUT2D eigenvalue weighted by molar-refractivity contribution is 6.11. The van der Waals surface area contributed by atoms with Gasteiger partial charge in [-0.1, -0.05) is 48.0 Å². The molecule has 0 bridgehead atoms. The predicted octanol–water partition coefficient (Wildman–Crippen LogP) is 1.77. The van der Waals surface area contributed by atoms with Gasteiger partial charge in [-0.2, -0.15) is 0 Å². The molecule has 1 N–H and O–H groups in total. The van der Waals surface area contributed by atoms with Gasteiger partial charge in [-0.25, -0.2) is 0 Å². The third-order valence-corrected chi connectivity index (χ3v) is 4.69. The van der Waals surface area contributed by atoms with E-state index in [1.54, 1.807) is 24.3 Å². The number of rotatable bonds is 6. The van der Waals surface area contributed by atoms with Crippen molar-refractivity contribution in [2.45, 2.75) is 32.9 Å². The monoisotopic (exact) mass is 394 g/mol. The minimum Gasteiger partial charge on any atom is -0.451 e. The number of nitrogens with zero attached hydrogens (tertiary/aromatic N) is 1. The van der Waals surface area contributed by atoms with Crippen molar-refractivity contribution in [1.29, 1.82) is 0 Å². The van der Waals surface area contributed by atoms with Crippen LogP contribution in [0.2, 0.25) is 0 Å². The van der Waals surface area contributed by atoms with Gasteiger partial charge in [-0.05, 0) is 31.0 Å². The molecule has 3 amide bonds. The lowest BCUT2D eigenvalue weighted by molar-refractivity contribution is -0.156. The number of nitrogens with one attached hydrogen (secondary N) is 1. The van der Waals surface area contributed by atoms with Gasteiger partial charge in [0.15, 0.2) is 6.10 Å². The number of hydrogen-bond acceptors (Lipinski definition) is 5. The van der Waals surface area contributed by atoms with E-state index in [9.17, 15) is 19.2 Å². The van der Waals surface area contributed by atoms with Crippen LogP contribution in [0.5, 0.6) is 0 Å². The Kier molecular flexibility index (Phi) is 6.07. The molecule has 2 aromatic carbocycles. The zero-order valence-corrected chi connectivity index (χ0v) is 16.3. The average molecular weight is 394 g/mol. The average Bonchev–Trinajstić information content (AvgIpc) is 2.70. The summed E-state index contributed by atoms with van der Waals surface area (Å²) in [6.07, 6.45) is -1.00. The van der Waals surface area contributed by atoms with Crippen LogP contribution in [0.15, 0.2) is 48.5 Å². The fraction of sp³-hybridized carbons (Fsp3) is 0.273. The van der Waals surface area contributed by atoms with Crippen LogP contribution >= 0.6 is 0 Å². The molecule has 0 saturated carbocycles. The molecule has 3 rings (SSSR count). The molecule has 150 valence electrons. The van der Waals surface area contributed by atoms with Crippen LogP contribution in [-0.4, -0.2) is 41.2 Å². The maximum Gasteiger partial charge on any atom is 0.326 e. The molecule has 7 nitrogen and oxygen atoms in total. The summed E-state index contributed by atoms with van der Waals surface area (Å²) in [5, 5.41) is 2.69. The lowest BCUT2D eigenvalue weighted by atomic mass is 9.98. The molecule has 1 heterocycles. The van der Waals surface area contributed by atoms with E-state index in [-0.39, 0.29) is 6.42 Å². The normalized spacial score (nSPS) is 14.2. The Morgan fingerprint density at radius 2 is 1.79 bits per heavy atom. The molecule has 0 spiro atoms. The molecule has 0 unspecified atom stereocenters. The first-order chi connectivity index (χ1) is 13.8.